The van der Waals surface area contributed by atoms with Gasteiger partial charge in [-0.25, -0.2) is 13.9 Å². The predicted molar refractivity (Wildman–Crippen MR) is 78.7 cm³/mol. The second kappa shape index (κ2) is 5.93. The second-order valence-electron chi connectivity index (χ2n) is 4.81. The Labute approximate surface area is 126 Å². The molecule has 0 spiro atoms. The van der Waals surface area contributed by atoms with Crippen LogP contribution in [0.1, 0.15) is 22.8 Å². The molecule has 0 aliphatic carbocycles. The molecule has 0 bridgehead atoms. The molecule has 5 nitrogen and oxygen atoms in total. The van der Waals surface area contributed by atoms with E-state index in [9.17, 15) is 9.18 Å². The summed E-state index contributed by atoms with van der Waals surface area (Å²) in [4.78, 5) is 12.1. The number of aryl methyl sites for hydroxylation is 1. The number of fused-ring (bicyclic) bond motifs is 1. The molecule has 3 aromatic rings. The van der Waals surface area contributed by atoms with Crippen LogP contribution in [0.5, 0.6) is 0 Å². The molecule has 112 valence electrons. The Kier molecular flexibility index (Phi) is 3.82. The lowest BCUT2D eigenvalue weighted by Gasteiger charge is -2.05. The van der Waals surface area contributed by atoms with Crippen molar-refractivity contribution in [1.29, 1.82) is 0 Å². The van der Waals surface area contributed by atoms with Gasteiger partial charge in [-0.05, 0) is 42.8 Å². The Morgan fingerprint density at radius 2 is 2.14 bits per heavy atom. The average Bonchev–Trinajstić information content (AvgIpc) is 2.95. The smallest absolute Gasteiger partial charge is 0.338 e. The van der Waals surface area contributed by atoms with Crippen molar-refractivity contribution in [2.45, 2.75) is 20.1 Å². The molecule has 22 heavy (non-hydrogen) atoms. The molecule has 0 radical (unpaired) electrons. The molecule has 0 aliphatic rings. The monoisotopic (exact) mass is 299 g/mol. The van der Waals surface area contributed by atoms with Crippen molar-refractivity contribution in [2.24, 2.45) is 0 Å². The minimum Gasteiger partial charge on any atom is -0.457 e. The van der Waals surface area contributed by atoms with E-state index in [2.05, 4.69) is 10.3 Å². The number of ether oxygens (including phenoxy) is 1. The van der Waals surface area contributed by atoms with Crippen LogP contribution in [0, 0.1) is 5.82 Å². The fourth-order valence-corrected chi connectivity index (χ4v) is 2.19. The zero-order valence-electron chi connectivity index (χ0n) is 12.0. The third-order valence-electron chi connectivity index (χ3n) is 3.31. The summed E-state index contributed by atoms with van der Waals surface area (Å²) in [6, 6.07) is 11.1. The van der Waals surface area contributed by atoms with Gasteiger partial charge in [0.2, 0.25) is 0 Å². The Hall–Kier alpha value is -2.76. The van der Waals surface area contributed by atoms with Crippen molar-refractivity contribution < 1.29 is 13.9 Å². The van der Waals surface area contributed by atoms with Gasteiger partial charge >= 0.3 is 5.97 Å². The Balaban J connectivity index is 1.74. The summed E-state index contributed by atoms with van der Waals surface area (Å²) in [6.45, 7) is 2.70. The average molecular weight is 299 g/mol. The highest BCUT2D eigenvalue weighted by Crippen LogP contribution is 2.15. The van der Waals surface area contributed by atoms with Gasteiger partial charge in [-0.15, -0.1) is 5.10 Å². The van der Waals surface area contributed by atoms with Crippen molar-refractivity contribution >= 4 is 17.0 Å². The maximum absolute atomic E-state index is 13.1. The first kappa shape index (κ1) is 14.2. The zero-order valence-corrected chi connectivity index (χ0v) is 12.0. The van der Waals surface area contributed by atoms with Crippen LogP contribution in [-0.4, -0.2) is 21.0 Å². The van der Waals surface area contributed by atoms with E-state index >= 15 is 0 Å². The minimum atomic E-state index is -0.475. The maximum Gasteiger partial charge on any atom is 0.338 e. The van der Waals surface area contributed by atoms with Crippen LogP contribution in [0.15, 0.2) is 42.5 Å². The molecule has 1 heterocycles. The first-order chi connectivity index (χ1) is 10.7. The number of hydrogen-bond donors (Lipinski definition) is 0. The molecule has 6 heteroatoms. The summed E-state index contributed by atoms with van der Waals surface area (Å²) in [6.07, 6.45) is 0. The third-order valence-corrected chi connectivity index (χ3v) is 3.31. The molecule has 0 aliphatic heterocycles. The van der Waals surface area contributed by atoms with Gasteiger partial charge in [0.25, 0.3) is 0 Å². The van der Waals surface area contributed by atoms with Crippen LogP contribution < -0.4 is 0 Å². The molecule has 0 saturated heterocycles. The molecule has 2 aromatic carbocycles. The molecule has 3 rings (SSSR count). The number of nitrogens with zero attached hydrogens (tertiary/aromatic N) is 3. The first-order valence-corrected chi connectivity index (χ1v) is 6.92. The normalized spacial score (nSPS) is 10.8. The van der Waals surface area contributed by atoms with Crippen molar-refractivity contribution in [1.82, 2.24) is 15.0 Å². The van der Waals surface area contributed by atoms with Crippen LogP contribution in [0.25, 0.3) is 11.0 Å². The van der Waals surface area contributed by atoms with E-state index in [1.807, 2.05) is 6.92 Å². The lowest BCUT2D eigenvalue weighted by atomic mass is 10.2. The summed E-state index contributed by atoms with van der Waals surface area (Å²) in [7, 11) is 0. The topological polar surface area (TPSA) is 57.0 Å². The summed E-state index contributed by atoms with van der Waals surface area (Å²) < 4.78 is 20.0. The Bertz CT molecular complexity index is 829. The Morgan fingerprint density at radius 3 is 2.91 bits per heavy atom. The van der Waals surface area contributed by atoms with Gasteiger partial charge in [-0.1, -0.05) is 17.3 Å². The quantitative estimate of drug-likeness (QED) is 0.695. The fraction of sp³-hybridized carbons (Fsp3) is 0.188. The molecular formula is C16H14FN3O2. The van der Waals surface area contributed by atoms with E-state index in [-0.39, 0.29) is 12.4 Å². The largest absolute Gasteiger partial charge is 0.457 e. The van der Waals surface area contributed by atoms with Gasteiger partial charge in [-0.3, -0.25) is 0 Å². The standard InChI is InChI=1S/C16H14FN3O2/c1-2-20-15-7-6-12(9-14(15)18-19-20)16(21)22-10-11-4-3-5-13(17)8-11/h3-9H,2,10H2,1H3. The summed E-state index contributed by atoms with van der Waals surface area (Å²) in [5.74, 6) is -0.830. The van der Waals surface area contributed by atoms with E-state index < -0.39 is 5.97 Å². The van der Waals surface area contributed by atoms with E-state index in [4.69, 9.17) is 4.74 Å². The highest BCUT2D eigenvalue weighted by atomic mass is 19.1. The summed E-state index contributed by atoms with van der Waals surface area (Å²) in [5, 5.41) is 8.01. The third kappa shape index (κ3) is 2.81. The van der Waals surface area contributed by atoms with Crippen LogP contribution >= 0.6 is 0 Å². The number of halogens is 1. The lowest BCUT2D eigenvalue weighted by molar-refractivity contribution is 0.0472. The van der Waals surface area contributed by atoms with Gasteiger partial charge in [0.1, 0.15) is 17.9 Å². The van der Waals surface area contributed by atoms with Crippen molar-refractivity contribution in [2.75, 3.05) is 0 Å². The van der Waals surface area contributed by atoms with E-state index in [1.165, 1.54) is 12.1 Å². The number of esters is 1. The van der Waals surface area contributed by atoms with Crippen molar-refractivity contribution in [3.8, 4) is 0 Å². The number of hydrogen-bond acceptors (Lipinski definition) is 4. The number of carbonyl (C=O) groups is 1. The molecule has 0 saturated carbocycles. The van der Waals surface area contributed by atoms with Gasteiger partial charge in [0, 0.05) is 6.54 Å². The zero-order chi connectivity index (χ0) is 15.5. The number of aromatic nitrogens is 3. The second-order valence-corrected chi connectivity index (χ2v) is 4.81. The van der Waals surface area contributed by atoms with Crippen molar-refractivity contribution in [3.05, 3.63) is 59.4 Å². The highest BCUT2D eigenvalue weighted by molar-refractivity contribution is 5.93. The predicted octanol–water partition coefficient (Wildman–Crippen LogP) is 2.95. The van der Waals surface area contributed by atoms with Crippen molar-refractivity contribution in [3.63, 3.8) is 0 Å². The van der Waals surface area contributed by atoms with Crippen LogP contribution in [0.2, 0.25) is 0 Å². The van der Waals surface area contributed by atoms with Crippen LogP contribution in [0.3, 0.4) is 0 Å². The molecule has 1 aromatic heterocycles. The highest BCUT2D eigenvalue weighted by Gasteiger charge is 2.11. The van der Waals surface area contributed by atoms with Gasteiger partial charge in [-0.2, -0.15) is 0 Å². The number of benzene rings is 2. The molecule has 0 atom stereocenters. The summed E-state index contributed by atoms with van der Waals surface area (Å²) in [5.41, 5.74) is 2.50. The number of carbonyl (C=O) groups excluding carboxylic acids is 1. The molecule has 0 N–H and O–H groups in total. The van der Waals surface area contributed by atoms with E-state index in [0.717, 1.165) is 5.52 Å². The van der Waals surface area contributed by atoms with Crippen LogP contribution in [-0.2, 0) is 17.9 Å². The molecule has 0 fully saturated rings. The maximum atomic E-state index is 13.1. The first-order valence-electron chi connectivity index (χ1n) is 6.92. The van der Waals surface area contributed by atoms with Crippen LogP contribution in [0.4, 0.5) is 4.39 Å². The molecule has 0 amide bonds. The molecule has 0 unspecified atom stereocenters. The van der Waals surface area contributed by atoms with Gasteiger partial charge in [0.05, 0.1) is 11.1 Å². The SMILES string of the molecule is CCn1nnc2cc(C(=O)OCc3cccc(F)c3)ccc21. The summed E-state index contributed by atoms with van der Waals surface area (Å²) >= 11 is 0. The fourth-order valence-electron chi connectivity index (χ4n) is 2.19. The number of rotatable bonds is 4. The van der Waals surface area contributed by atoms with Gasteiger partial charge < -0.3 is 4.74 Å². The Morgan fingerprint density at radius 1 is 1.27 bits per heavy atom. The minimum absolute atomic E-state index is 0.0241. The van der Waals surface area contributed by atoms with Gasteiger partial charge in [0.15, 0.2) is 0 Å². The molecular weight excluding hydrogens is 285 g/mol. The lowest BCUT2D eigenvalue weighted by Crippen LogP contribution is -2.05. The van der Waals surface area contributed by atoms with E-state index in [1.54, 1.807) is 35.0 Å². The van der Waals surface area contributed by atoms with E-state index in [0.29, 0.717) is 23.2 Å².